The number of fused-ring (bicyclic) bond motifs is 2. The molecule has 3 N–H and O–H groups in total. The van der Waals surface area contributed by atoms with Crippen LogP contribution in [-0.2, 0) is 0 Å². The number of methoxy groups -OCH3 is 1. The molecular weight excluding hydrogens is 415 g/mol. The minimum atomic E-state index is -1.30. The lowest BCUT2D eigenvalue weighted by Gasteiger charge is -2.27. The monoisotopic (exact) mass is 444 g/mol. The largest absolute Gasteiger partial charge is 0.492 e. The van der Waals surface area contributed by atoms with Gasteiger partial charge in [-0.1, -0.05) is 0 Å². The summed E-state index contributed by atoms with van der Waals surface area (Å²) in [6.45, 7) is 3.98. The van der Waals surface area contributed by atoms with Gasteiger partial charge in [0, 0.05) is 37.9 Å². The first-order chi connectivity index (χ1) is 15.4. The third-order valence-corrected chi connectivity index (χ3v) is 7.26. The van der Waals surface area contributed by atoms with Crippen molar-refractivity contribution in [2.75, 3.05) is 44.0 Å². The Labute approximate surface area is 185 Å². The number of ether oxygens (including phenoxy) is 1. The first kappa shape index (κ1) is 21.1. The molecule has 1 aliphatic carbocycles. The Morgan fingerprint density at radius 2 is 2.03 bits per heavy atom. The van der Waals surface area contributed by atoms with Gasteiger partial charge in [0.25, 0.3) is 0 Å². The topological polar surface area (TPSA) is 95.8 Å². The molecule has 0 amide bonds. The minimum Gasteiger partial charge on any atom is -0.492 e. The minimum absolute atomic E-state index is 0.0283. The second-order valence-corrected chi connectivity index (χ2v) is 9.11. The Morgan fingerprint density at radius 1 is 1.28 bits per heavy atom. The van der Waals surface area contributed by atoms with Crippen molar-refractivity contribution >= 4 is 28.2 Å². The van der Waals surface area contributed by atoms with Crippen molar-refractivity contribution < 1.29 is 19.0 Å². The predicted molar refractivity (Wildman–Crippen MR) is 121 cm³/mol. The number of benzene rings is 1. The molecule has 32 heavy (non-hydrogen) atoms. The molecule has 0 radical (unpaired) electrons. The summed E-state index contributed by atoms with van der Waals surface area (Å²) >= 11 is 0. The average molecular weight is 445 g/mol. The number of aromatic nitrogens is 1. The van der Waals surface area contributed by atoms with Gasteiger partial charge in [-0.3, -0.25) is 4.79 Å². The van der Waals surface area contributed by atoms with E-state index in [1.54, 1.807) is 14.0 Å². The van der Waals surface area contributed by atoms with E-state index < -0.39 is 17.2 Å². The maximum absolute atomic E-state index is 16.0. The number of carboxylic acid groups (broad SMARTS) is 1. The molecule has 2 aliphatic heterocycles. The van der Waals surface area contributed by atoms with Crippen LogP contribution in [0, 0.1) is 18.7 Å². The molecular formula is C23H29FN4O4. The van der Waals surface area contributed by atoms with Gasteiger partial charge in [-0.2, -0.15) is 0 Å². The number of hydrogen-bond acceptors (Lipinski definition) is 6. The molecule has 1 aromatic carbocycles. The van der Waals surface area contributed by atoms with Gasteiger partial charge < -0.3 is 29.9 Å². The molecule has 9 heteroatoms. The maximum Gasteiger partial charge on any atom is 0.341 e. The van der Waals surface area contributed by atoms with E-state index >= 15 is 4.39 Å². The number of nitrogens with zero attached hydrogens (tertiary/aromatic N) is 2. The Morgan fingerprint density at radius 3 is 2.62 bits per heavy atom. The Balaban J connectivity index is 1.85. The fraction of sp³-hybridized carbons (Fsp3) is 0.565. The molecule has 2 atom stereocenters. The molecule has 0 spiro atoms. The number of piperidine rings is 1. The molecule has 1 saturated carbocycles. The molecule has 2 unspecified atom stereocenters. The van der Waals surface area contributed by atoms with Crippen molar-refractivity contribution in [2.24, 2.45) is 5.92 Å². The zero-order chi connectivity index (χ0) is 22.7. The molecule has 172 valence electrons. The van der Waals surface area contributed by atoms with E-state index in [1.807, 2.05) is 9.47 Å². The number of anilines is 2. The molecule has 1 aromatic heterocycles. The highest BCUT2D eigenvalue weighted by Gasteiger charge is 2.40. The maximum atomic E-state index is 16.0. The first-order valence-corrected chi connectivity index (χ1v) is 11.3. The predicted octanol–water partition coefficient (Wildman–Crippen LogP) is 2.72. The first-order valence-electron chi connectivity index (χ1n) is 11.3. The van der Waals surface area contributed by atoms with E-state index in [9.17, 15) is 14.7 Å². The zero-order valence-corrected chi connectivity index (χ0v) is 18.6. The van der Waals surface area contributed by atoms with Crippen LogP contribution in [0.1, 0.15) is 47.8 Å². The van der Waals surface area contributed by atoms with Crippen LogP contribution in [0.25, 0.3) is 10.9 Å². The van der Waals surface area contributed by atoms with Crippen LogP contribution in [0.2, 0.25) is 0 Å². The highest BCUT2D eigenvalue weighted by atomic mass is 19.1. The lowest BCUT2D eigenvalue weighted by Crippen LogP contribution is -2.40. The smallest absolute Gasteiger partial charge is 0.341 e. The summed E-state index contributed by atoms with van der Waals surface area (Å²) < 4.78 is 23.7. The van der Waals surface area contributed by atoms with Crippen LogP contribution in [0.15, 0.2) is 4.79 Å². The van der Waals surface area contributed by atoms with Crippen LogP contribution < -0.4 is 25.7 Å². The number of nitrogens with one attached hydrogen (secondary N) is 2. The Bertz CT molecular complexity index is 1160. The zero-order valence-electron chi connectivity index (χ0n) is 18.6. The fourth-order valence-corrected chi connectivity index (χ4v) is 5.68. The second-order valence-electron chi connectivity index (χ2n) is 9.11. The summed E-state index contributed by atoms with van der Waals surface area (Å²) in [5, 5.41) is 16.2. The van der Waals surface area contributed by atoms with Crippen LogP contribution >= 0.6 is 0 Å². The highest BCUT2D eigenvalue weighted by molar-refractivity contribution is 6.04. The number of carbonyl (C=O) groups is 1. The van der Waals surface area contributed by atoms with E-state index in [0.717, 1.165) is 32.2 Å². The quantitative estimate of drug-likeness (QED) is 0.653. The molecule has 3 aliphatic rings. The number of carboxylic acids is 1. The lowest BCUT2D eigenvalue weighted by atomic mass is 9.94. The van der Waals surface area contributed by atoms with Crippen molar-refractivity contribution in [1.82, 2.24) is 9.88 Å². The molecule has 3 heterocycles. The van der Waals surface area contributed by atoms with Crippen molar-refractivity contribution in [3.63, 3.8) is 0 Å². The van der Waals surface area contributed by atoms with E-state index in [-0.39, 0.29) is 22.7 Å². The van der Waals surface area contributed by atoms with Crippen LogP contribution in [0.4, 0.5) is 15.8 Å². The summed E-state index contributed by atoms with van der Waals surface area (Å²) in [5.74, 6) is -1.14. The van der Waals surface area contributed by atoms with E-state index in [0.29, 0.717) is 47.7 Å². The van der Waals surface area contributed by atoms with Gasteiger partial charge in [0.05, 0.1) is 23.7 Å². The third kappa shape index (κ3) is 2.97. The fourth-order valence-electron chi connectivity index (χ4n) is 5.68. The highest BCUT2D eigenvalue weighted by Crippen LogP contribution is 2.48. The van der Waals surface area contributed by atoms with Crippen LogP contribution in [0.5, 0.6) is 5.75 Å². The summed E-state index contributed by atoms with van der Waals surface area (Å²) in [6, 6.07) is 0.360. The number of aromatic carboxylic acids is 1. The van der Waals surface area contributed by atoms with Crippen LogP contribution in [-0.4, -0.2) is 55.5 Å². The van der Waals surface area contributed by atoms with E-state index in [4.69, 9.17) is 4.74 Å². The SMILES string of the molecule is CNc1c(F)c(N2CC3CCCNC3C2)c(OC)c2c1c(=O)c(C(=O)O)c(C)n2C1CC1. The van der Waals surface area contributed by atoms with Gasteiger partial charge in [-0.15, -0.1) is 0 Å². The van der Waals surface area contributed by atoms with Gasteiger partial charge in [0.15, 0.2) is 11.6 Å². The van der Waals surface area contributed by atoms with E-state index in [1.165, 1.54) is 7.11 Å². The second kappa shape index (κ2) is 7.65. The summed E-state index contributed by atoms with van der Waals surface area (Å²) in [7, 11) is 3.04. The van der Waals surface area contributed by atoms with Gasteiger partial charge in [-0.25, -0.2) is 9.18 Å². The third-order valence-electron chi connectivity index (χ3n) is 7.26. The van der Waals surface area contributed by atoms with Crippen molar-refractivity contribution in [3.8, 4) is 5.75 Å². The number of hydrogen-bond donors (Lipinski definition) is 3. The van der Waals surface area contributed by atoms with Crippen molar-refractivity contribution in [1.29, 1.82) is 0 Å². The van der Waals surface area contributed by atoms with Gasteiger partial charge in [0.1, 0.15) is 11.3 Å². The lowest BCUT2D eigenvalue weighted by molar-refractivity contribution is 0.0694. The molecule has 2 saturated heterocycles. The molecule has 3 fully saturated rings. The summed E-state index contributed by atoms with van der Waals surface area (Å²) in [4.78, 5) is 27.3. The summed E-state index contributed by atoms with van der Waals surface area (Å²) in [6.07, 6.45) is 3.95. The number of pyridine rings is 1. The molecule has 8 nitrogen and oxygen atoms in total. The van der Waals surface area contributed by atoms with Gasteiger partial charge in [0.2, 0.25) is 5.43 Å². The Hall–Kier alpha value is -2.81. The summed E-state index contributed by atoms with van der Waals surface area (Å²) in [5.41, 5.74) is 0.230. The molecule has 5 rings (SSSR count). The number of halogens is 1. The van der Waals surface area contributed by atoms with Gasteiger partial charge in [-0.05, 0) is 45.1 Å². The normalized spacial score (nSPS) is 22.8. The van der Waals surface area contributed by atoms with Gasteiger partial charge >= 0.3 is 5.97 Å². The Kier molecular flexibility index (Phi) is 5.03. The average Bonchev–Trinajstić information content (AvgIpc) is 3.50. The van der Waals surface area contributed by atoms with Crippen LogP contribution in [0.3, 0.4) is 0 Å². The van der Waals surface area contributed by atoms with E-state index in [2.05, 4.69) is 10.6 Å². The van der Waals surface area contributed by atoms with Crippen molar-refractivity contribution in [3.05, 3.63) is 27.3 Å². The molecule has 2 aromatic rings. The van der Waals surface area contributed by atoms with Crippen molar-refractivity contribution in [2.45, 2.75) is 44.7 Å². The number of rotatable bonds is 5. The molecule has 0 bridgehead atoms. The standard InChI is InChI=1S/C23H29FN4O4/c1-11-15(23(30)31)21(29)16-18(25-2)17(24)20(22(32-3)19(16)28(11)13-6-7-13)27-9-12-5-4-8-26-14(12)10-27/h12-14,25-26H,4-10H2,1-3H3,(H,30,31).